The van der Waals surface area contributed by atoms with Crippen LogP contribution < -0.4 is 14.2 Å². The van der Waals surface area contributed by atoms with Crippen LogP contribution in [0.2, 0.25) is 0 Å². The molecule has 9 nitrogen and oxygen atoms in total. The standard InChI is InChI=1S/C22H24O9/c1-9-14-10-5-11-15(30-8-29-11)17-13(10)21(7-28-17)18(23)16(27-4)12(26-3)6-22(21,31-14)19(24)20(9,2)25/h5,9,14,19,24-25H,6-8H2,1-4H3/t9-,14-,19+,20-,21-,22-/m0/s1. The van der Waals surface area contributed by atoms with E-state index in [1.807, 2.05) is 6.92 Å². The van der Waals surface area contributed by atoms with Gasteiger partial charge in [-0.1, -0.05) is 6.92 Å². The molecule has 9 heteroatoms. The SMILES string of the molecule is COC1=C(OC)C(=O)[C@]23COc4c5c(cc(c42)[C@H]2O[C@@]3(C1)[C@H](O)[C@@](C)(O)[C@H]2C)OCO5. The fraction of sp³-hybridized carbons (Fsp3) is 0.591. The first-order valence-corrected chi connectivity index (χ1v) is 10.3. The van der Waals surface area contributed by atoms with E-state index in [4.69, 9.17) is 28.4 Å². The monoisotopic (exact) mass is 432 g/mol. The lowest BCUT2D eigenvalue weighted by molar-refractivity contribution is -0.315. The number of hydrogen-bond acceptors (Lipinski definition) is 9. The number of allylic oxidation sites excluding steroid dienone is 1. The van der Waals surface area contributed by atoms with Gasteiger partial charge in [0.05, 0.1) is 25.9 Å². The summed E-state index contributed by atoms with van der Waals surface area (Å²) in [7, 11) is 2.84. The van der Waals surface area contributed by atoms with Crippen molar-refractivity contribution in [2.45, 2.75) is 49.1 Å². The number of ether oxygens (including phenoxy) is 6. The van der Waals surface area contributed by atoms with Crippen molar-refractivity contribution in [3.05, 3.63) is 28.7 Å². The molecule has 5 aliphatic rings. The first-order valence-electron chi connectivity index (χ1n) is 10.3. The molecular formula is C22H24O9. The Labute approximate surface area is 178 Å². The third kappa shape index (κ3) is 1.84. The van der Waals surface area contributed by atoms with Crippen LogP contribution in [0.15, 0.2) is 17.6 Å². The van der Waals surface area contributed by atoms with Crippen LogP contribution in [-0.2, 0) is 24.4 Å². The Hall–Kier alpha value is -2.49. The molecule has 0 unspecified atom stereocenters. The molecule has 1 aromatic rings. The van der Waals surface area contributed by atoms with Gasteiger partial charge in [0.15, 0.2) is 11.5 Å². The van der Waals surface area contributed by atoms with E-state index in [0.717, 1.165) is 0 Å². The highest BCUT2D eigenvalue weighted by Crippen LogP contribution is 2.69. The number of aliphatic hydroxyl groups is 2. The van der Waals surface area contributed by atoms with Gasteiger partial charge in [-0.3, -0.25) is 4.79 Å². The van der Waals surface area contributed by atoms with E-state index in [0.29, 0.717) is 28.4 Å². The van der Waals surface area contributed by atoms with Crippen molar-refractivity contribution in [1.29, 1.82) is 0 Å². The fourth-order valence-electron chi connectivity index (χ4n) is 6.18. The van der Waals surface area contributed by atoms with Crippen molar-refractivity contribution < 1.29 is 43.4 Å². The van der Waals surface area contributed by atoms with Gasteiger partial charge >= 0.3 is 0 Å². The molecule has 31 heavy (non-hydrogen) atoms. The third-order valence-electron chi connectivity index (χ3n) is 7.97. The van der Waals surface area contributed by atoms with E-state index in [2.05, 4.69) is 0 Å². The highest BCUT2D eigenvalue weighted by molar-refractivity contribution is 6.07. The van der Waals surface area contributed by atoms with Crippen molar-refractivity contribution >= 4 is 5.78 Å². The maximum atomic E-state index is 14.1. The van der Waals surface area contributed by atoms with Crippen LogP contribution in [0, 0.1) is 5.92 Å². The third-order valence-corrected chi connectivity index (χ3v) is 7.97. The summed E-state index contributed by atoms with van der Waals surface area (Å²) in [6.45, 7) is 3.35. The Kier molecular flexibility index (Phi) is 3.50. The van der Waals surface area contributed by atoms with Crippen LogP contribution in [0.5, 0.6) is 17.2 Å². The Morgan fingerprint density at radius 1 is 1.16 bits per heavy atom. The molecule has 6 rings (SSSR count). The zero-order valence-corrected chi connectivity index (χ0v) is 17.7. The highest BCUT2D eigenvalue weighted by atomic mass is 16.7. The predicted octanol–water partition coefficient (Wildman–Crippen LogP) is 1.09. The zero-order valence-electron chi connectivity index (χ0n) is 17.7. The van der Waals surface area contributed by atoms with Crippen molar-refractivity contribution in [2.75, 3.05) is 27.6 Å². The highest BCUT2D eigenvalue weighted by Gasteiger charge is 2.78. The second kappa shape index (κ2) is 5.65. The lowest BCUT2D eigenvalue weighted by Crippen LogP contribution is -2.77. The predicted molar refractivity (Wildman–Crippen MR) is 103 cm³/mol. The minimum absolute atomic E-state index is 0.0373. The topological polar surface area (TPSA) is 113 Å². The van der Waals surface area contributed by atoms with Gasteiger partial charge in [-0.15, -0.1) is 0 Å². The molecule has 0 amide bonds. The van der Waals surface area contributed by atoms with E-state index >= 15 is 0 Å². The molecule has 6 atom stereocenters. The van der Waals surface area contributed by atoms with Gasteiger partial charge in [-0.2, -0.15) is 0 Å². The molecule has 4 aliphatic heterocycles. The van der Waals surface area contributed by atoms with E-state index in [1.54, 1.807) is 13.0 Å². The number of fused-ring (bicyclic) bond motifs is 4. The molecule has 0 aromatic heterocycles. The number of rotatable bonds is 2. The number of carbonyl (C=O) groups is 1. The second-order valence-corrected chi connectivity index (χ2v) is 9.11. The van der Waals surface area contributed by atoms with Crippen molar-refractivity contribution in [2.24, 2.45) is 5.92 Å². The van der Waals surface area contributed by atoms with Gasteiger partial charge in [0.2, 0.25) is 24.1 Å². The maximum absolute atomic E-state index is 14.1. The molecule has 1 aromatic carbocycles. The number of benzene rings is 1. The minimum Gasteiger partial charge on any atom is -0.497 e. The van der Waals surface area contributed by atoms with E-state index in [9.17, 15) is 15.0 Å². The summed E-state index contributed by atoms with van der Waals surface area (Å²) in [5.74, 6) is 0.786. The fourth-order valence-corrected chi connectivity index (χ4v) is 6.18. The number of Topliss-reactive ketones (excluding diaryl/α,β-unsaturated/α-hetero) is 1. The van der Waals surface area contributed by atoms with Gasteiger partial charge in [0.1, 0.15) is 29.5 Å². The number of methoxy groups -OCH3 is 2. The molecule has 166 valence electrons. The van der Waals surface area contributed by atoms with Crippen LogP contribution in [-0.4, -0.2) is 60.9 Å². The van der Waals surface area contributed by atoms with Crippen LogP contribution in [0.3, 0.4) is 0 Å². The molecule has 2 spiro atoms. The average molecular weight is 432 g/mol. The van der Waals surface area contributed by atoms with Gasteiger partial charge in [0.25, 0.3) is 0 Å². The summed E-state index contributed by atoms with van der Waals surface area (Å²) in [5, 5.41) is 23.0. The minimum atomic E-state index is -1.55. The van der Waals surface area contributed by atoms with E-state index < -0.39 is 40.5 Å². The molecule has 1 aliphatic carbocycles. The molecule has 4 heterocycles. The van der Waals surface area contributed by atoms with Crippen molar-refractivity contribution in [1.82, 2.24) is 0 Å². The first kappa shape index (κ1) is 19.2. The largest absolute Gasteiger partial charge is 0.497 e. The zero-order chi connectivity index (χ0) is 21.9. The number of hydrogen-bond donors (Lipinski definition) is 2. The van der Waals surface area contributed by atoms with Crippen LogP contribution >= 0.6 is 0 Å². The number of carbonyl (C=O) groups excluding carboxylic acids is 1. The van der Waals surface area contributed by atoms with E-state index in [-0.39, 0.29) is 31.3 Å². The molecule has 0 radical (unpaired) electrons. The summed E-state index contributed by atoms with van der Waals surface area (Å²) < 4.78 is 34.9. The summed E-state index contributed by atoms with van der Waals surface area (Å²) >= 11 is 0. The Bertz CT molecular complexity index is 1060. The van der Waals surface area contributed by atoms with Crippen molar-refractivity contribution in [3.63, 3.8) is 0 Å². The molecule has 0 saturated carbocycles. The molecule has 1 saturated heterocycles. The Morgan fingerprint density at radius 2 is 1.94 bits per heavy atom. The number of ketones is 1. The summed E-state index contributed by atoms with van der Waals surface area (Å²) in [4.78, 5) is 14.1. The molecular weight excluding hydrogens is 408 g/mol. The van der Waals surface area contributed by atoms with Gasteiger partial charge in [-0.25, -0.2) is 0 Å². The normalized spacial score (nSPS) is 41.5. The number of aliphatic hydroxyl groups excluding tert-OH is 1. The molecule has 2 bridgehead atoms. The maximum Gasteiger partial charge on any atom is 0.231 e. The Morgan fingerprint density at radius 3 is 2.65 bits per heavy atom. The van der Waals surface area contributed by atoms with Crippen LogP contribution in [0.1, 0.15) is 37.5 Å². The quantitative estimate of drug-likeness (QED) is 0.709. The molecule has 1 fully saturated rings. The Balaban J connectivity index is 1.74. The van der Waals surface area contributed by atoms with Gasteiger partial charge < -0.3 is 38.6 Å². The smallest absolute Gasteiger partial charge is 0.231 e. The van der Waals surface area contributed by atoms with Crippen LogP contribution in [0.25, 0.3) is 0 Å². The van der Waals surface area contributed by atoms with E-state index in [1.165, 1.54) is 14.2 Å². The summed E-state index contributed by atoms with van der Waals surface area (Å²) in [6.07, 6.45) is -1.96. The lowest BCUT2D eigenvalue weighted by Gasteiger charge is -2.63. The molecule has 2 N–H and O–H groups in total. The first-order chi connectivity index (χ1) is 14.7. The second-order valence-electron chi connectivity index (χ2n) is 9.11. The van der Waals surface area contributed by atoms with Gasteiger partial charge in [-0.05, 0) is 18.6 Å². The van der Waals surface area contributed by atoms with Crippen LogP contribution in [0.4, 0.5) is 0 Å². The summed E-state index contributed by atoms with van der Waals surface area (Å²) in [5.41, 5.74) is -3.19. The van der Waals surface area contributed by atoms with Gasteiger partial charge in [0, 0.05) is 17.9 Å². The van der Waals surface area contributed by atoms with Crippen molar-refractivity contribution in [3.8, 4) is 17.2 Å². The average Bonchev–Trinajstić information content (AvgIpc) is 3.38. The summed E-state index contributed by atoms with van der Waals surface area (Å²) in [6, 6.07) is 1.80. The lowest BCUT2D eigenvalue weighted by atomic mass is 9.50.